The first-order chi connectivity index (χ1) is 17.7. The third-order valence-corrected chi connectivity index (χ3v) is 7.83. The molecule has 0 spiro atoms. The van der Waals surface area contributed by atoms with E-state index in [2.05, 4.69) is 17.4 Å². The minimum absolute atomic E-state index is 0.213. The standard InChI is InChI=1S/C30H29N3O3S/c1-20-14-15-33-27(18-20)32-28(30(33)31-19-24-8-6-5-7-9-24)25-10-12-26(13-11-25)36-37(34,35)29-22(3)16-21(2)17-23(29)4/h5-18,31H,19H2,1-4H3. The first kappa shape index (κ1) is 24.6. The topological polar surface area (TPSA) is 72.7 Å². The first-order valence-electron chi connectivity index (χ1n) is 12.1. The molecule has 0 aliphatic carbocycles. The van der Waals surface area contributed by atoms with Crippen LogP contribution in [-0.2, 0) is 16.7 Å². The van der Waals surface area contributed by atoms with Crippen molar-refractivity contribution in [2.75, 3.05) is 5.32 Å². The van der Waals surface area contributed by atoms with Gasteiger partial charge >= 0.3 is 10.1 Å². The molecule has 188 valence electrons. The SMILES string of the molecule is Cc1cc(C)c(S(=O)(=O)Oc2ccc(-c3nc4cc(C)ccn4c3NCc3ccccc3)cc2)c(C)c1. The number of hydrogen-bond donors (Lipinski definition) is 1. The molecule has 2 heterocycles. The molecular weight excluding hydrogens is 482 g/mol. The molecule has 6 nitrogen and oxygen atoms in total. The van der Waals surface area contributed by atoms with E-state index in [0.717, 1.165) is 39.4 Å². The average molecular weight is 512 g/mol. The van der Waals surface area contributed by atoms with Crippen molar-refractivity contribution in [1.82, 2.24) is 9.38 Å². The van der Waals surface area contributed by atoms with Crippen LogP contribution in [0.15, 0.2) is 90.0 Å². The van der Waals surface area contributed by atoms with Crippen LogP contribution < -0.4 is 9.50 Å². The lowest BCUT2D eigenvalue weighted by molar-refractivity contribution is 0.485. The number of anilines is 1. The number of nitrogens with zero attached hydrogens (tertiary/aromatic N) is 2. The zero-order valence-corrected chi connectivity index (χ0v) is 22.1. The Bertz CT molecular complexity index is 1670. The predicted octanol–water partition coefficient (Wildman–Crippen LogP) is 6.61. The number of rotatable bonds is 7. The molecule has 5 aromatic rings. The number of benzene rings is 3. The highest BCUT2D eigenvalue weighted by Gasteiger charge is 2.22. The summed E-state index contributed by atoms with van der Waals surface area (Å²) in [6, 6.07) is 25.0. The van der Waals surface area contributed by atoms with Gasteiger partial charge in [-0.3, -0.25) is 4.40 Å². The molecule has 5 rings (SSSR count). The molecule has 1 N–H and O–H groups in total. The van der Waals surface area contributed by atoms with Gasteiger partial charge in [0.05, 0.1) is 0 Å². The molecule has 0 aliphatic heterocycles. The molecule has 0 amide bonds. The van der Waals surface area contributed by atoms with Gasteiger partial charge in [-0.2, -0.15) is 8.42 Å². The highest BCUT2D eigenvalue weighted by Crippen LogP contribution is 2.32. The van der Waals surface area contributed by atoms with Crippen molar-refractivity contribution in [2.24, 2.45) is 0 Å². The predicted molar refractivity (Wildman–Crippen MR) is 148 cm³/mol. The zero-order valence-electron chi connectivity index (χ0n) is 21.3. The maximum atomic E-state index is 13.1. The summed E-state index contributed by atoms with van der Waals surface area (Å²) in [4.78, 5) is 5.09. The minimum Gasteiger partial charge on any atom is -0.379 e. The number of aryl methyl sites for hydroxylation is 4. The summed E-state index contributed by atoms with van der Waals surface area (Å²) in [6.45, 7) is 8.20. The third kappa shape index (κ3) is 5.08. The van der Waals surface area contributed by atoms with Gasteiger partial charge in [0.25, 0.3) is 0 Å². The molecule has 2 aromatic heterocycles. The summed E-state index contributed by atoms with van der Waals surface area (Å²) < 4.78 is 33.7. The lowest BCUT2D eigenvalue weighted by Gasteiger charge is -2.13. The Morgan fingerprint density at radius 3 is 2.19 bits per heavy atom. The van der Waals surface area contributed by atoms with Gasteiger partial charge in [0, 0.05) is 18.3 Å². The maximum absolute atomic E-state index is 13.1. The summed E-state index contributed by atoms with van der Waals surface area (Å²) in [6.07, 6.45) is 2.00. The molecule has 0 unspecified atom stereocenters. The molecule has 0 bridgehead atoms. The monoisotopic (exact) mass is 511 g/mol. The van der Waals surface area contributed by atoms with E-state index in [-0.39, 0.29) is 10.6 Å². The van der Waals surface area contributed by atoms with Crippen LogP contribution in [0.5, 0.6) is 5.75 Å². The fraction of sp³-hybridized carbons (Fsp3) is 0.167. The second kappa shape index (κ2) is 9.75. The molecule has 0 saturated heterocycles. The van der Waals surface area contributed by atoms with Crippen LogP contribution in [0.4, 0.5) is 5.82 Å². The van der Waals surface area contributed by atoms with Crippen molar-refractivity contribution in [3.05, 3.63) is 113 Å². The lowest BCUT2D eigenvalue weighted by Crippen LogP contribution is -2.13. The van der Waals surface area contributed by atoms with Crippen molar-refractivity contribution in [3.8, 4) is 17.0 Å². The third-order valence-electron chi connectivity index (χ3n) is 6.27. The van der Waals surface area contributed by atoms with E-state index < -0.39 is 10.1 Å². The van der Waals surface area contributed by atoms with Gasteiger partial charge < -0.3 is 9.50 Å². The lowest BCUT2D eigenvalue weighted by atomic mass is 10.1. The maximum Gasteiger partial charge on any atom is 0.339 e. The Balaban J connectivity index is 1.46. The molecular formula is C30H29N3O3S. The van der Waals surface area contributed by atoms with Crippen molar-refractivity contribution >= 4 is 21.6 Å². The van der Waals surface area contributed by atoms with Crippen LogP contribution in [0.1, 0.15) is 27.8 Å². The second-order valence-electron chi connectivity index (χ2n) is 9.37. The molecule has 0 aliphatic rings. The van der Waals surface area contributed by atoms with Crippen molar-refractivity contribution in [3.63, 3.8) is 0 Å². The highest BCUT2D eigenvalue weighted by atomic mass is 32.2. The van der Waals surface area contributed by atoms with E-state index in [9.17, 15) is 8.42 Å². The zero-order chi connectivity index (χ0) is 26.2. The summed E-state index contributed by atoms with van der Waals surface area (Å²) in [5, 5.41) is 3.54. The van der Waals surface area contributed by atoms with E-state index in [0.29, 0.717) is 17.7 Å². The quantitative estimate of drug-likeness (QED) is 0.249. The molecule has 0 saturated carbocycles. The number of fused-ring (bicyclic) bond motifs is 1. The van der Waals surface area contributed by atoms with E-state index >= 15 is 0 Å². The highest BCUT2D eigenvalue weighted by molar-refractivity contribution is 7.87. The normalized spacial score (nSPS) is 11.6. The van der Waals surface area contributed by atoms with E-state index in [1.165, 1.54) is 0 Å². The van der Waals surface area contributed by atoms with Crippen LogP contribution in [0, 0.1) is 27.7 Å². The summed E-state index contributed by atoms with van der Waals surface area (Å²) in [7, 11) is -3.97. The Labute approximate surface area is 217 Å². The van der Waals surface area contributed by atoms with Crippen molar-refractivity contribution < 1.29 is 12.6 Å². The summed E-state index contributed by atoms with van der Waals surface area (Å²) in [5.74, 6) is 1.12. The minimum atomic E-state index is -3.97. The Morgan fingerprint density at radius 1 is 0.838 bits per heavy atom. The van der Waals surface area contributed by atoms with Crippen LogP contribution in [-0.4, -0.2) is 17.8 Å². The Morgan fingerprint density at radius 2 is 1.51 bits per heavy atom. The number of hydrogen-bond acceptors (Lipinski definition) is 5. The largest absolute Gasteiger partial charge is 0.379 e. The Kier molecular flexibility index (Phi) is 6.48. The first-order valence-corrected chi connectivity index (χ1v) is 13.5. The van der Waals surface area contributed by atoms with Gasteiger partial charge in [0.15, 0.2) is 0 Å². The van der Waals surface area contributed by atoms with Gasteiger partial charge in [0.1, 0.15) is 27.8 Å². The smallest absolute Gasteiger partial charge is 0.339 e. The fourth-order valence-corrected chi connectivity index (χ4v) is 6.05. The van der Waals surface area contributed by atoms with Gasteiger partial charge in [-0.1, -0.05) is 48.0 Å². The molecule has 0 fully saturated rings. The number of aromatic nitrogens is 2. The van der Waals surface area contributed by atoms with Crippen LogP contribution in [0.25, 0.3) is 16.9 Å². The molecule has 0 atom stereocenters. The van der Waals surface area contributed by atoms with E-state index in [4.69, 9.17) is 9.17 Å². The van der Waals surface area contributed by atoms with Crippen molar-refractivity contribution in [1.29, 1.82) is 0 Å². The second-order valence-corrected chi connectivity index (χ2v) is 10.9. The average Bonchev–Trinajstić information content (AvgIpc) is 3.20. The molecule has 0 radical (unpaired) electrons. The van der Waals surface area contributed by atoms with Crippen molar-refractivity contribution in [2.45, 2.75) is 39.1 Å². The summed E-state index contributed by atoms with van der Waals surface area (Å²) >= 11 is 0. The van der Waals surface area contributed by atoms with Gasteiger partial charge in [-0.15, -0.1) is 0 Å². The summed E-state index contributed by atoms with van der Waals surface area (Å²) in [5.41, 5.74) is 7.09. The van der Waals surface area contributed by atoms with Crippen LogP contribution in [0.2, 0.25) is 0 Å². The van der Waals surface area contributed by atoms with Gasteiger partial charge in [-0.25, -0.2) is 4.98 Å². The Hall–Kier alpha value is -4.10. The van der Waals surface area contributed by atoms with E-state index in [1.807, 2.05) is 79.0 Å². The van der Waals surface area contributed by atoms with E-state index in [1.54, 1.807) is 26.0 Å². The number of pyridine rings is 1. The van der Waals surface area contributed by atoms with Crippen LogP contribution >= 0.6 is 0 Å². The van der Waals surface area contributed by atoms with Gasteiger partial charge in [0.2, 0.25) is 0 Å². The fourth-order valence-electron chi connectivity index (χ4n) is 4.70. The number of nitrogens with one attached hydrogen (secondary N) is 1. The number of imidazole rings is 1. The van der Waals surface area contributed by atoms with Gasteiger partial charge in [-0.05, 0) is 86.3 Å². The molecule has 7 heteroatoms. The molecule has 3 aromatic carbocycles. The van der Waals surface area contributed by atoms with Crippen LogP contribution in [0.3, 0.4) is 0 Å². The molecule has 37 heavy (non-hydrogen) atoms.